The molecule has 1 aliphatic carbocycles. The fourth-order valence-electron chi connectivity index (χ4n) is 2.85. The number of urea groups is 1. The molecule has 0 heterocycles. The highest BCUT2D eigenvalue weighted by molar-refractivity contribution is 5.94. The van der Waals surface area contributed by atoms with Crippen LogP contribution in [0.25, 0.3) is 0 Å². The van der Waals surface area contributed by atoms with E-state index in [0.29, 0.717) is 0 Å². The van der Waals surface area contributed by atoms with Crippen LogP contribution in [-0.4, -0.2) is 24.5 Å². The topological polar surface area (TPSA) is 70.2 Å². The first-order chi connectivity index (χ1) is 11.8. The molecule has 1 saturated carbocycles. The van der Waals surface area contributed by atoms with E-state index in [2.05, 4.69) is 16.0 Å². The average molecular weight is 357 g/mol. The monoisotopic (exact) mass is 357 g/mol. The SMILES string of the molecule is Cc1ccc(NC(=O)CNC(=O)NC2CCCCC2)cc1C(F)(F)F. The molecule has 1 aromatic rings. The van der Waals surface area contributed by atoms with Gasteiger partial charge in [-0.3, -0.25) is 4.79 Å². The minimum absolute atomic E-state index is 0.0393. The van der Waals surface area contributed by atoms with Crippen molar-refractivity contribution in [1.82, 2.24) is 10.6 Å². The van der Waals surface area contributed by atoms with Crippen molar-refractivity contribution in [2.75, 3.05) is 11.9 Å². The van der Waals surface area contributed by atoms with Crippen LogP contribution < -0.4 is 16.0 Å². The van der Waals surface area contributed by atoms with Crippen molar-refractivity contribution in [3.8, 4) is 0 Å². The van der Waals surface area contributed by atoms with Gasteiger partial charge in [-0.1, -0.05) is 25.3 Å². The number of hydrogen-bond acceptors (Lipinski definition) is 2. The molecule has 2 rings (SSSR count). The van der Waals surface area contributed by atoms with Crippen LogP contribution in [0.3, 0.4) is 0 Å². The van der Waals surface area contributed by atoms with Crippen molar-refractivity contribution >= 4 is 17.6 Å². The Morgan fingerprint density at radius 1 is 1.16 bits per heavy atom. The van der Waals surface area contributed by atoms with Crippen molar-refractivity contribution < 1.29 is 22.8 Å². The maximum absolute atomic E-state index is 12.9. The number of aryl methyl sites for hydroxylation is 1. The fraction of sp³-hybridized carbons (Fsp3) is 0.529. The van der Waals surface area contributed by atoms with Gasteiger partial charge in [0.15, 0.2) is 0 Å². The Balaban J connectivity index is 1.83. The Kier molecular flexibility index (Phi) is 6.27. The van der Waals surface area contributed by atoms with Gasteiger partial charge in [0.25, 0.3) is 0 Å². The smallest absolute Gasteiger partial charge is 0.335 e. The first-order valence-corrected chi connectivity index (χ1v) is 8.28. The zero-order valence-electron chi connectivity index (χ0n) is 14.0. The minimum atomic E-state index is -4.48. The van der Waals surface area contributed by atoms with Gasteiger partial charge in [-0.25, -0.2) is 4.79 Å². The van der Waals surface area contributed by atoms with E-state index in [0.717, 1.165) is 31.7 Å². The number of halogens is 3. The quantitative estimate of drug-likeness (QED) is 0.771. The Bertz CT molecular complexity index is 626. The molecule has 1 aliphatic rings. The normalized spacial score (nSPS) is 15.5. The van der Waals surface area contributed by atoms with Crippen LogP contribution in [0.4, 0.5) is 23.7 Å². The molecule has 0 radical (unpaired) electrons. The second kappa shape index (κ2) is 8.22. The second-order valence-electron chi connectivity index (χ2n) is 6.24. The van der Waals surface area contributed by atoms with E-state index >= 15 is 0 Å². The molecule has 1 aromatic carbocycles. The molecule has 5 nitrogen and oxygen atoms in total. The highest BCUT2D eigenvalue weighted by atomic mass is 19.4. The number of anilines is 1. The van der Waals surface area contributed by atoms with Crippen LogP contribution in [0.1, 0.15) is 43.2 Å². The van der Waals surface area contributed by atoms with E-state index in [1.165, 1.54) is 25.5 Å². The van der Waals surface area contributed by atoms with Crippen LogP contribution in [0.5, 0.6) is 0 Å². The van der Waals surface area contributed by atoms with Crippen LogP contribution in [-0.2, 0) is 11.0 Å². The lowest BCUT2D eigenvalue weighted by molar-refractivity contribution is -0.138. The lowest BCUT2D eigenvalue weighted by atomic mass is 9.96. The summed E-state index contributed by atoms with van der Waals surface area (Å²) in [6.45, 7) is 1.04. The van der Waals surface area contributed by atoms with E-state index in [1.807, 2.05) is 0 Å². The summed E-state index contributed by atoms with van der Waals surface area (Å²) in [5.74, 6) is -0.587. The molecule has 138 valence electrons. The van der Waals surface area contributed by atoms with E-state index < -0.39 is 23.7 Å². The van der Waals surface area contributed by atoms with E-state index in [1.54, 1.807) is 0 Å². The van der Waals surface area contributed by atoms with Crippen molar-refractivity contribution in [2.45, 2.75) is 51.2 Å². The van der Waals surface area contributed by atoms with E-state index in [4.69, 9.17) is 0 Å². The lowest BCUT2D eigenvalue weighted by Crippen LogP contribution is -2.45. The predicted molar refractivity (Wildman–Crippen MR) is 88.2 cm³/mol. The number of benzene rings is 1. The van der Waals surface area contributed by atoms with Gasteiger partial charge in [-0.15, -0.1) is 0 Å². The van der Waals surface area contributed by atoms with Crippen LogP contribution in [0.15, 0.2) is 18.2 Å². The lowest BCUT2D eigenvalue weighted by Gasteiger charge is -2.22. The summed E-state index contributed by atoms with van der Waals surface area (Å²) >= 11 is 0. The first kappa shape index (κ1) is 19.1. The van der Waals surface area contributed by atoms with Gasteiger partial charge in [-0.2, -0.15) is 13.2 Å². The zero-order valence-corrected chi connectivity index (χ0v) is 14.0. The Labute approximate surface area is 144 Å². The van der Waals surface area contributed by atoms with Gasteiger partial charge >= 0.3 is 12.2 Å². The minimum Gasteiger partial charge on any atom is -0.335 e. The highest BCUT2D eigenvalue weighted by Crippen LogP contribution is 2.33. The van der Waals surface area contributed by atoms with Gasteiger partial charge < -0.3 is 16.0 Å². The number of carbonyl (C=O) groups is 2. The number of carbonyl (C=O) groups excluding carboxylic acids is 2. The average Bonchev–Trinajstić information content (AvgIpc) is 2.55. The highest BCUT2D eigenvalue weighted by Gasteiger charge is 2.32. The second-order valence-corrected chi connectivity index (χ2v) is 6.24. The summed E-state index contributed by atoms with van der Waals surface area (Å²) in [7, 11) is 0. The third-order valence-corrected chi connectivity index (χ3v) is 4.18. The number of alkyl halides is 3. The molecule has 25 heavy (non-hydrogen) atoms. The molecule has 1 fully saturated rings. The molecular formula is C17H22F3N3O2. The molecule has 0 saturated heterocycles. The fourth-order valence-corrected chi connectivity index (χ4v) is 2.85. The maximum Gasteiger partial charge on any atom is 0.416 e. The summed E-state index contributed by atoms with van der Waals surface area (Å²) in [6, 6.07) is 3.24. The standard InChI is InChI=1S/C17H22F3N3O2/c1-11-7-8-13(9-14(11)17(18,19)20)22-15(24)10-21-16(25)23-12-5-3-2-4-6-12/h7-9,12H,2-6,10H2,1H3,(H,22,24)(H2,21,23,25). The molecule has 0 unspecified atom stereocenters. The molecule has 0 aliphatic heterocycles. The molecule has 8 heteroatoms. The van der Waals surface area contributed by atoms with Gasteiger partial charge in [0, 0.05) is 11.7 Å². The molecule has 0 spiro atoms. The summed E-state index contributed by atoms with van der Waals surface area (Å²) in [5.41, 5.74) is -0.679. The largest absolute Gasteiger partial charge is 0.416 e. The predicted octanol–water partition coefficient (Wildman–Crippen LogP) is 3.58. The maximum atomic E-state index is 12.9. The number of rotatable bonds is 4. The summed E-state index contributed by atoms with van der Waals surface area (Å²) in [4.78, 5) is 23.6. The van der Waals surface area contributed by atoms with Crippen LogP contribution in [0.2, 0.25) is 0 Å². The van der Waals surface area contributed by atoms with Crippen molar-refractivity contribution in [1.29, 1.82) is 0 Å². The summed E-state index contributed by atoms with van der Waals surface area (Å²) in [6.07, 6.45) is 0.662. The summed E-state index contributed by atoms with van der Waals surface area (Å²) in [5, 5.41) is 7.58. The van der Waals surface area contributed by atoms with Crippen molar-refractivity contribution in [3.05, 3.63) is 29.3 Å². The van der Waals surface area contributed by atoms with Crippen LogP contribution in [0, 0.1) is 6.92 Å². The Morgan fingerprint density at radius 2 is 1.84 bits per heavy atom. The van der Waals surface area contributed by atoms with Gasteiger partial charge in [0.2, 0.25) is 5.91 Å². The number of hydrogen-bond donors (Lipinski definition) is 3. The van der Waals surface area contributed by atoms with Gasteiger partial charge in [0.05, 0.1) is 12.1 Å². The van der Waals surface area contributed by atoms with Crippen LogP contribution >= 0.6 is 0 Å². The first-order valence-electron chi connectivity index (χ1n) is 8.28. The van der Waals surface area contributed by atoms with Crippen molar-refractivity contribution in [3.63, 3.8) is 0 Å². The molecule has 3 amide bonds. The Morgan fingerprint density at radius 3 is 2.48 bits per heavy atom. The van der Waals surface area contributed by atoms with E-state index in [-0.39, 0.29) is 23.8 Å². The zero-order chi connectivity index (χ0) is 18.4. The molecule has 0 bridgehead atoms. The Hall–Kier alpha value is -2.25. The van der Waals surface area contributed by atoms with Gasteiger partial charge in [0.1, 0.15) is 0 Å². The van der Waals surface area contributed by atoms with E-state index in [9.17, 15) is 22.8 Å². The third-order valence-electron chi connectivity index (χ3n) is 4.18. The number of amides is 3. The third kappa shape index (κ3) is 5.95. The molecule has 3 N–H and O–H groups in total. The van der Waals surface area contributed by atoms with Gasteiger partial charge in [-0.05, 0) is 37.5 Å². The molecular weight excluding hydrogens is 335 g/mol. The number of nitrogens with one attached hydrogen (secondary N) is 3. The summed E-state index contributed by atoms with van der Waals surface area (Å²) < 4.78 is 38.6. The molecule has 0 atom stereocenters. The van der Waals surface area contributed by atoms with Crippen molar-refractivity contribution in [2.24, 2.45) is 0 Å². The molecule has 0 aromatic heterocycles.